The van der Waals surface area contributed by atoms with Crippen molar-refractivity contribution in [2.24, 2.45) is 0 Å². The van der Waals surface area contributed by atoms with Crippen molar-refractivity contribution in [3.63, 3.8) is 0 Å². The van der Waals surface area contributed by atoms with Gasteiger partial charge in [-0.1, -0.05) is 30.7 Å². The van der Waals surface area contributed by atoms with Crippen LogP contribution in [0.15, 0.2) is 24.3 Å². The normalized spacial score (nSPS) is 14.1. The first-order valence-electron chi connectivity index (χ1n) is 4.21. The highest BCUT2D eigenvalue weighted by Gasteiger charge is 2.30. The van der Waals surface area contributed by atoms with Crippen molar-refractivity contribution in [3.05, 3.63) is 34.9 Å². The largest absolute Gasteiger partial charge is 0.389 e. The third-order valence-electron chi connectivity index (χ3n) is 1.98. The van der Waals surface area contributed by atoms with E-state index >= 15 is 0 Å². The molecule has 0 aromatic heterocycles. The van der Waals surface area contributed by atoms with E-state index in [0.29, 0.717) is 10.6 Å². The summed E-state index contributed by atoms with van der Waals surface area (Å²) in [7, 11) is 0. The van der Waals surface area contributed by atoms with Gasteiger partial charge in [-0.15, -0.1) is 0 Å². The van der Waals surface area contributed by atoms with Crippen molar-refractivity contribution in [1.82, 2.24) is 0 Å². The van der Waals surface area contributed by atoms with Crippen LogP contribution >= 0.6 is 11.6 Å². The average Bonchev–Trinajstić information content (AvgIpc) is 2.02. The van der Waals surface area contributed by atoms with Crippen LogP contribution in [-0.2, 0) is 0 Å². The highest BCUT2D eigenvalue weighted by molar-refractivity contribution is 6.30. The molecule has 0 saturated carbocycles. The minimum atomic E-state index is -4.11. The predicted octanol–water partition coefficient (Wildman–Crippen LogP) is 4.40. The molecule has 0 N–H and O–H groups in total. The molecule has 1 rings (SSSR count). The van der Waals surface area contributed by atoms with Gasteiger partial charge in [-0.25, -0.2) is 0 Å². The highest BCUT2D eigenvalue weighted by atomic mass is 35.5. The lowest BCUT2D eigenvalue weighted by molar-refractivity contribution is -0.137. The molecule has 1 unspecified atom stereocenters. The topological polar surface area (TPSA) is 0 Å². The van der Waals surface area contributed by atoms with Gasteiger partial charge in [0.05, 0.1) is 6.42 Å². The van der Waals surface area contributed by atoms with E-state index in [1.807, 2.05) is 0 Å². The predicted molar refractivity (Wildman–Crippen MR) is 50.5 cm³/mol. The summed E-state index contributed by atoms with van der Waals surface area (Å²) in [6.07, 6.45) is -4.91. The van der Waals surface area contributed by atoms with Crippen molar-refractivity contribution in [3.8, 4) is 0 Å². The molecule has 0 aliphatic heterocycles. The maximum absolute atomic E-state index is 12.0. The maximum Gasteiger partial charge on any atom is 0.389 e. The van der Waals surface area contributed by atoms with E-state index in [1.54, 1.807) is 31.2 Å². The van der Waals surface area contributed by atoms with Gasteiger partial charge in [-0.05, 0) is 23.6 Å². The van der Waals surface area contributed by atoms with E-state index in [4.69, 9.17) is 11.6 Å². The first-order chi connectivity index (χ1) is 6.38. The number of alkyl halides is 3. The lowest BCUT2D eigenvalue weighted by atomic mass is 9.98. The number of hydrogen-bond donors (Lipinski definition) is 0. The van der Waals surface area contributed by atoms with E-state index in [1.165, 1.54) is 0 Å². The molecule has 1 aromatic rings. The average molecular weight is 223 g/mol. The molecule has 4 heteroatoms. The summed E-state index contributed by atoms with van der Waals surface area (Å²) >= 11 is 5.63. The van der Waals surface area contributed by atoms with Crippen LogP contribution in [0.2, 0.25) is 5.02 Å². The molecule has 0 nitrogen and oxygen atoms in total. The second-order valence-electron chi connectivity index (χ2n) is 3.27. The minimum absolute atomic E-state index is 0.521. The number of hydrogen-bond acceptors (Lipinski definition) is 0. The molecule has 0 spiro atoms. The van der Waals surface area contributed by atoms with Crippen LogP contribution in [0.25, 0.3) is 0 Å². The van der Waals surface area contributed by atoms with Crippen molar-refractivity contribution in [2.45, 2.75) is 25.4 Å². The monoisotopic (exact) mass is 222 g/mol. The molecule has 1 aromatic carbocycles. The molecule has 0 aliphatic carbocycles. The molecule has 0 aliphatic rings. The summed E-state index contributed by atoms with van der Waals surface area (Å²) in [5.41, 5.74) is 0.659. The summed E-state index contributed by atoms with van der Waals surface area (Å²) in [5, 5.41) is 0.535. The SMILES string of the molecule is CC(CC(F)(F)F)c1ccc(Cl)cc1. The smallest absolute Gasteiger partial charge is 0.171 e. The van der Waals surface area contributed by atoms with Crippen LogP contribution in [0.3, 0.4) is 0 Å². The fraction of sp³-hybridized carbons (Fsp3) is 0.400. The van der Waals surface area contributed by atoms with Gasteiger partial charge in [0.2, 0.25) is 0 Å². The Morgan fingerprint density at radius 2 is 1.71 bits per heavy atom. The van der Waals surface area contributed by atoms with Crippen LogP contribution < -0.4 is 0 Å². The summed E-state index contributed by atoms with van der Waals surface area (Å²) in [6, 6.07) is 6.45. The first kappa shape index (κ1) is 11.4. The summed E-state index contributed by atoms with van der Waals surface area (Å²) in [6.45, 7) is 1.55. The number of halogens is 4. The van der Waals surface area contributed by atoms with Gasteiger partial charge in [-0.3, -0.25) is 0 Å². The molecular formula is C10H10ClF3. The van der Waals surface area contributed by atoms with Gasteiger partial charge in [-0.2, -0.15) is 13.2 Å². The van der Waals surface area contributed by atoms with E-state index in [9.17, 15) is 13.2 Å². The summed E-state index contributed by atoms with van der Waals surface area (Å²) < 4.78 is 36.1. The van der Waals surface area contributed by atoms with E-state index < -0.39 is 18.5 Å². The second-order valence-corrected chi connectivity index (χ2v) is 3.71. The van der Waals surface area contributed by atoms with Gasteiger partial charge < -0.3 is 0 Å². The van der Waals surface area contributed by atoms with Crippen molar-refractivity contribution in [2.75, 3.05) is 0 Å². The van der Waals surface area contributed by atoms with Crippen molar-refractivity contribution >= 4 is 11.6 Å². The Labute approximate surface area is 85.7 Å². The molecule has 1 atom stereocenters. The number of rotatable bonds is 2. The molecular weight excluding hydrogens is 213 g/mol. The van der Waals surface area contributed by atoms with Gasteiger partial charge in [0.1, 0.15) is 0 Å². The first-order valence-corrected chi connectivity index (χ1v) is 4.58. The van der Waals surface area contributed by atoms with Crippen LogP contribution in [0, 0.1) is 0 Å². The standard InChI is InChI=1S/C10H10ClF3/c1-7(6-10(12,13)14)8-2-4-9(11)5-3-8/h2-5,7H,6H2,1H3. The van der Waals surface area contributed by atoms with Crippen LogP contribution in [0.5, 0.6) is 0 Å². The Bertz CT molecular complexity index is 289. The second kappa shape index (κ2) is 4.22. The molecule has 0 saturated heterocycles. The molecule has 0 radical (unpaired) electrons. The lowest BCUT2D eigenvalue weighted by Crippen LogP contribution is -2.11. The third-order valence-corrected chi connectivity index (χ3v) is 2.23. The Hall–Kier alpha value is -0.700. The molecule has 0 heterocycles. The Morgan fingerprint density at radius 3 is 2.14 bits per heavy atom. The van der Waals surface area contributed by atoms with Gasteiger partial charge in [0.25, 0.3) is 0 Å². The van der Waals surface area contributed by atoms with Gasteiger partial charge >= 0.3 is 6.18 Å². The Morgan fingerprint density at radius 1 is 1.21 bits per heavy atom. The number of benzene rings is 1. The summed E-state index contributed by atoms with van der Waals surface area (Å²) in [5.74, 6) is -0.521. The third kappa shape index (κ3) is 3.58. The van der Waals surface area contributed by atoms with E-state index in [-0.39, 0.29) is 0 Å². The van der Waals surface area contributed by atoms with E-state index in [0.717, 1.165) is 0 Å². The van der Waals surface area contributed by atoms with Crippen LogP contribution in [-0.4, -0.2) is 6.18 Å². The van der Waals surface area contributed by atoms with Crippen LogP contribution in [0.4, 0.5) is 13.2 Å². The zero-order chi connectivity index (χ0) is 10.8. The fourth-order valence-electron chi connectivity index (χ4n) is 1.26. The van der Waals surface area contributed by atoms with E-state index in [2.05, 4.69) is 0 Å². The van der Waals surface area contributed by atoms with Crippen molar-refractivity contribution < 1.29 is 13.2 Å². The van der Waals surface area contributed by atoms with Crippen molar-refractivity contribution in [1.29, 1.82) is 0 Å². The molecule has 0 bridgehead atoms. The quantitative estimate of drug-likeness (QED) is 0.696. The zero-order valence-electron chi connectivity index (χ0n) is 7.61. The lowest BCUT2D eigenvalue weighted by Gasteiger charge is -2.14. The zero-order valence-corrected chi connectivity index (χ0v) is 8.36. The molecule has 78 valence electrons. The maximum atomic E-state index is 12.0. The molecule has 0 amide bonds. The van der Waals surface area contributed by atoms with Gasteiger partial charge in [0, 0.05) is 5.02 Å². The molecule has 0 fully saturated rings. The highest BCUT2D eigenvalue weighted by Crippen LogP contribution is 2.30. The fourth-order valence-corrected chi connectivity index (χ4v) is 1.38. The van der Waals surface area contributed by atoms with Gasteiger partial charge in [0.15, 0.2) is 0 Å². The minimum Gasteiger partial charge on any atom is -0.171 e. The Kier molecular flexibility index (Phi) is 3.43. The molecule has 14 heavy (non-hydrogen) atoms. The van der Waals surface area contributed by atoms with Crippen LogP contribution in [0.1, 0.15) is 24.8 Å². The Balaban J connectivity index is 2.70. The summed E-state index contributed by atoms with van der Waals surface area (Å²) in [4.78, 5) is 0.